The molecule has 2 nitrogen and oxygen atoms in total. The Morgan fingerprint density at radius 3 is 2.04 bits per heavy atom. The fraction of sp³-hybridized carbons (Fsp3) is 0.304. The molecule has 0 spiro atoms. The number of rotatable bonds is 7. The molecule has 1 aromatic rings. The van der Waals surface area contributed by atoms with Gasteiger partial charge >= 0.3 is 153 Å². The van der Waals surface area contributed by atoms with Crippen molar-refractivity contribution in [2.75, 3.05) is 21.2 Å². The number of hydrogen-bond acceptors (Lipinski definition) is 2. The Hall–Kier alpha value is 0.179. The van der Waals surface area contributed by atoms with E-state index in [1.165, 1.54) is 16.3 Å². The Bertz CT molecular complexity index is 473. The molecular weight excluding hydrogens is 441 g/mol. The molecule has 4 heteroatoms. The summed E-state index contributed by atoms with van der Waals surface area (Å²) >= 11 is 0.430. The van der Waals surface area contributed by atoms with Crippen LogP contribution in [-0.2, 0) is 21.8 Å². The summed E-state index contributed by atoms with van der Waals surface area (Å²) in [7, 11) is 6.08. The average Bonchev–Trinajstić information content (AvgIpc) is 3.37. The number of ether oxygens (including phenoxy) is 1. The van der Waals surface area contributed by atoms with Gasteiger partial charge in [-0.3, -0.25) is 0 Å². The maximum Gasteiger partial charge on any atom is 2.00 e. The molecule has 2 fully saturated rings. The second-order valence-corrected chi connectivity index (χ2v) is 8.62. The number of hydrogen-bond donors (Lipinski definition) is 0. The summed E-state index contributed by atoms with van der Waals surface area (Å²) < 4.78 is 5.69. The Morgan fingerprint density at radius 1 is 0.926 bits per heavy atom. The summed E-state index contributed by atoms with van der Waals surface area (Å²) in [5, 5.41) is 1.07. The third kappa shape index (κ3) is 8.60. The van der Waals surface area contributed by atoms with Gasteiger partial charge < -0.3 is 0 Å². The van der Waals surface area contributed by atoms with E-state index in [1.54, 1.807) is 0 Å². The van der Waals surface area contributed by atoms with Crippen LogP contribution < -0.4 is 0 Å². The van der Waals surface area contributed by atoms with Crippen molar-refractivity contribution in [2.24, 2.45) is 0 Å². The van der Waals surface area contributed by atoms with Gasteiger partial charge in [-0.2, -0.15) is 0 Å². The van der Waals surface area contributed by atoms with Gasteiger partial charge in [0.2, 0.25) is 0 Å². The van der Waals surface area contributed by atoms with Gasteiger partial charge in [0.1, 0.15) is 0 Å². The van der Waals surface area contributed by atoms with E-state index in [2.05, 4.69) is 75.5 Å². The van der Waals surface area contributed by atoms with Crippen molar-refractivity contribution in [1.82, 2.24) is 4.90 Å². The third-order valence-electron chi connectivity index (χ3n) is 4.43. The van der Waals surface area contributed by atoms with Crippen LogP contribution in [0.1, 0.15) is 18.6 Å². The molecule has 0 unspecified atom stereocenters. The molecule has 0 amide bonds. The van der Waals surface area contributed by atoms with Gasteiger partial charge in [0.15, 0.2) is 0 Å². The van der Waals surface area contributed by atoms with Crippen LogP contribution in [0.4, 0.5) is 0 Å². The number of methoxy groups -OCH3 is 1. The summed E-state index contributed by atoms with van der Waals surface area (Å²) in [6.45, 7) is 2.26. The van der Waals surface area contributed by atoms with Crippen molar-refractivity contribution in [3.63, 3.8) is 0 Å². The second kappa shape index (κ2) is 14.2. The largest absolute Gasteiger partial charge is 2.00 e. The van der Waals surface area contributed by atoms with Crippen LogP contribution in [-0.4, -0.2) is 47.1 Å². The van der Waals surface area contributed by atoms with E-state index in [1.807, 2.05) is 39.2 Å². The first-order valence-corrected chi connectivity index (χ1v) is 11.0. The fourth-order valence-corrected chi connectivity index (χ4v) is 5.23. The zero-order chi connectivity index (χ0) is 18.8. The maximum absolute atomic E-state index is 5.69. The van der Waals surface area contributed by atoms with Crippen molar-refractivity contribution in [2.45, 2.75) is 24.4 Å². The van der Waals surface area contributed by atoms with Crippen molar-refractivity contribution in [1.29, 1.82) is 0 Å². The molecule has 0 saturated heterocycles. The molecule has 10 radical (unpaired) electrons. The monoisotopic (exact) mass is 471 g/mol. The van der Waals surface area contributed by atoms with E-state index in [9.17, 15) is 0 Å². The Labute approximate surface area is 184 Å². The Kier molecular flexibility index (Phi) is 13.3. The van der Waals surface area contributed by atoms with Gasteiger partial charge in [-0.15, -0.1) is 0 Å². The minimum absolute atomic E-state index is 0. The van der Waals surface area contributed by atoms with Crippen LogP contribution in [0, 0.1) is 62.1 Å². The molecule has 2 aliphatic rings. The normalized spacial score (nSPS) is 20.0. The number of nitrogens with zero attached hydrogens (tertiary/aromatic N) is 1. The molecule has 144 valence electrons. The molecule has 0 aromatic heterocycles. The zero-order valence-corrected chi connectivity index (χ0v) is 19.3. The van der Waals surface area contributed by atoms with E-state index >= 15 is 0 Å². The molecule has 1 aromatic carbocycles. The Morgan fingerprint density at radius 2 is 1.52 bits per heavy atom. The standard InChI is InChI=1S/C18H24NOSe.C5H5.Fe/c1-14(19(2)3)16-11-8-12-18(16)21-13-17(20-4)15-9-6-5-7-10-15;1-2-4-5-3-1;/h5-12,14,17H,13H2,1-4H3;1-5H;/q;;+2/t14-,17-;;/m0../s1. The fourth-order valence-electron chi connectivity index (χ4n) is 2.63. The topological polar surface area (TPSA) is 12.5 Å². The summed E-state index contributed by atoms with van der Waals surface area (Å²) in [5.74, 6) is 1.46. The van der Waals surface area contributed by atoms with Crippen LogP contribution in [0.3, 0.4) is 0 Å². The molecule has 0 N–H and O–H groups in total. The van der Waals surface area contributed by atoms with Crippen LogP contribution in [0.25, 0.3) is 0 Å². The SMILES string of the molecule is CO[C@@H](C[Se][C]1[CH][CH][CH][C]1[C@H](C)N(C)C)c1ccccc1.[CH]1[CH][CH][CH][CH]1.[Fe+2]. The first-order chi connectivity index (χ1) is 12.6. The minimum atomic E-state index is 0. The van der Waals surface area contributed by atoms with Crippen molar-refractivity contribution in [3.05, 3.63) is 98.0 Å². The van der Waals surface area contributed by atoms with E-state index in [0.717, 1.165) is 5.32 Å². The smallest absolute Gasteiger partial charge is 0.0312 e. The molecule has 0 heterocycles. The predicted molar refractivity (Wildman–Crippen MR) is 111 cm³/mol. The van der Waals surface area contributed by atoms with E-state index in [0.29, 0.717) is 21.0 Å². The first kappa shape index (κ1) is 25.2. The van der Waals surface area contributed by atoms with Gasteiger partial charge in [-0.05, 0) is 32.1 Å². The average molecular weight is 470 g/mol. The quantitative estimate of drug-likeness (QED) is 0.555. The van der Waals surface area contributed by atoms with E-state index in [-0.39, 0.29) is 23.2 Å². The van der Waals surface area contributed by atoms with E-state index < -0.39 is 0 Å². The molecule has 0 aliphatic heterocycles. The Balaban J connectivity index is 0.000000526. The van der Waals surface area contributed by atoms with Crippen molar-refractivity contribution < 1.29 is 21.8 Å². The molecule has 0 bridgehead atoms. The van der Waals surface area contributed by atoms with Crippen molar-refractivity contribution in [3.8, 4) is 0 Å². The van der Waals surface area contributed by atoms with Crippen LogP contribution in [0.15, 0.2) is 30.3 Å². The van der Waals surface area contributed by atoms with Crippen LogP contribution in [0.2, 0.25) is 5.32 Å². The van der Waals surface area contributed by atoms with Gasteiger partial charge in [-0.1, -0.05) is 0 Å². The molecule has 2 atom stereocenters. The predicted octanol–water partition coefficient (Wildman–Crippen LogP) is 4.20. The second-order valence-electron chi connectivity index (χ2n) is 6.39. The summed E-state index contributed by atoms with van der Waals surface area (Å²) in [6.07, 6.45) is 16.9. The molecule has 3 rings (SSSR count). The van der Waals surface area contributed by atoms with Gasteiger partial charge in [-0.25, -0.2) is 0 Å². The third-order valence-corrected chi connectivity index (χ3v) is 6.85. The zero-order valence-electron chi connectivity index (χ0n) is 16.5. The minimum Gasteiger partial charge on any atom is -0.0312 e. The van der Waals surface area contributed by atoms with Gasteiger partial charge in [0, 0.05) is 0 Å². The maximum atomic E-state index is 5.69. The first-order valence-electron chi connectivity index (χ1n) is 8.92. The summed E-state index contributed by atoms with van der Waals surface area (Å²) in [6, 6.07) is 11.0. The van der Waals surface area contributed by atoms with Crippen molar-refractivity contribution >= 4 is 15.0 Å². The van der Waals surface area contributed by atoms with Crippen LogP contribution >= 0.6 is 0 Å². The van der Waals surface area contributed by atoms with Gasteiger partial charge in [0.25, 0.3) is 0 Å². The molecule has 2 aliphatic carbocycles. The summed E-state index contributed by atoms with van der Waals surface area (Å²) in [4.78, 5) is 3.77. The molecular formula is C23H29FeNOSe+2. The molecule has 27 heavy (non-hydrogen) atoms. The summed E-state index contributed by atoms with van der Waals surface area (Å²) in [5.41, 5.74) is 1.27. The van der Waals surface area contributed by atoms with Crippen LogP contribution in [0.5, 0.6) is 0 Å². The van der Waals surface area contributed by atoms with E-state index in [4.69, 9.17) is 4.74 Å². The number of benzene rings is 1. The molecule has 2 saturated carbocycles. The van der Waals surface area contributed by atoms with Gasteiger partial charge in [0.05, 0.1) is 0 Å².